The Labute approximate surface area is 163 Å². The van der Waals surface area contributed by atoms with Crippen molar-refractivity contribution in [3.8, 4) is 0 Å². The van der Waals surface area contributed by atoms with Crippen molar-refractivity contribution in [2.75, 3.05) is 25.5 Å². The van der Waals surface area contributed by atoms with Crippen LogP contribution < -0.4 is 10.9 Å². The molecule has 0 aliphatic carbocycles. The zero-order valence-corrected chi connectivity index (χ0v) is 16.5. The van der Waals surface area contributed by atoms with Crippen LogP contribution in [0.3, 0.4) is 0 Å². The minimum Gasteiger partial charge on any atom is -0.322 e. The number of H-pyrrole nitrogens is 1. The van der Waals surface area contributed by atoms with E-state index in [0.29, 0.717) is 28.2 Å². The Kier molecular flexibility index (Phi) is 4.77. The molecule has 1 aromatic carbocycles. The van der Waals surface area contributed by atoms with Gasteiger partial charge in [-0.15, -0.1) is 0 Å². The summed E-state index contributed by atoms with van der Waals surface area (Å²) in [5.74, 6) is 0.215. The largest absolute Gasteiger partial charge is 0.322 e. The molecule has 1 fully saturated rings. The number of rotatable bonds is 3. The van der Waals surface area contributed by atoms with Crippen molar-refractivity contribution in [1.29, 1.82) is 0 Å². The number of carbonyl (C=O) groups is 1. The van der Waals surface area contributed by atoms with E-state index in [1.54, 1.807) is 11.7 Å². The molecule has 0 atom stereocenters. The number of carbonyl (C=O) groups excluding carboxylic acids is 1. The molecule has 4 rings (SSSR count). The van der Waals surface area contributed by atoms with Gasteiger partial charge in [-0.05, 0) is 63.5 Å². The van der Waals surface area contributed by atoms with Gasteiger partial charge in [-0.3, -0.25) is 14.3 Å². The van der Waals surface area contributed by atoms with Crippen LogP contribution in [0.25, 0.3) is 11.0 Å². The van der Waals surface area contributed by atoms with Gasteiger partial charge >= 0.3 is 0 Å². The fourth-order valence-corrected chi connectivity index (χ4v) is 4.07. The van der Waals surface area contributed by atoms with Gasteiger partial charge in [0, 0.05) is 18.8 Å². The third-order valence-electron chi connectivity index (χ3n) is 5.59. The van der Waals surface area contributed by atoms with Crippen molar-refractivity contribution in [2.45, 2.75) is 25.7 Å². The molecule has 0 bridgehead atoms. The summed E-state index contributed by atoms with van der Waals surface area (Å²) in [4.78, 5) is 30.1. The molecule has 3 aromatic rings. The number of pyridine rings is 1. The van der Waals surface area contributed by atoms with Crippen LogP contribution in [0.2, 0.25) is 0 Å². The maximum atomic E-state index is 13.0. The number of hydrogen-bond donors (Lipinski definition) is 2. The van der Waals surface area contributed by atoms with Crippen LogP contribution in [0.5, 0.6) is 0 Å². The van der Waals surface area contributed by atoms with E-state index in [0.717, 1.165) is 31.6 Å². The number of likely N-dealkylation sites (tertiary alicyclic amines) is 1. The van der Waals surface area contributed by atoms with Crippen molar-refractivity contribution < 1.29 is 4.79 Å². The topological polar surface area (TPSA) is 83.0 Å². The summed E-state index contributed by atoms with van der Waals surface area (Å²) in [6, 6.07) is 9.38. The number of aromatic nitrogens is 3. The average Bonchev–Trinajstić information content (AvgIpc) is 2.95. The van der Waals surface area contributed by atoms with Crippen LogP contribution in [0.1, 0.15) is 40.4 Å². The Hall–Kier alpha value is -2.93. The number of fused-ring (bicyclic) bond motifs is 1. The maximum absolute atomic E-state index is 13.0. The summed E-state index contributed by atoms with van der Waals surface area (Å²) in [5, 5.41) is 7.96. The average molecular weight is 379 g/mol. The van der Waals surface area contributed by atoms with Crippen molar-refractivity contribution in [3.05, 3.63) is 57.5 Å². The summed E-state index contributed by atoms with van der Waals surface area (Å²) in [6.45, 7) is 4.01. The highest BCUT2D eigenvalue weighted by Crippen LogP contribution is 2.29. The molecule has 1 aliphatic heterocycles. The van der Waals surface area contributed by atoms with Crippen molar-refractivity contribution in [1.82, 2.24) is 19.7 Å². The van der Waals surface area contributed by atoms with Gasteiger partial charge < -0.3 is 15.2 Å². The molecule has 1 amide bonds. The number of nitrogens with one attached hydrogen (secondary N) is 2. The molecule has 1 saturated heterocycles. The normalized spacial score (nSPS) is 15.8. The molecule has 0 unspecified atom stereocenters. The molecule has 2 N–H and O–H groups in total. The second-order valence-electron chi connectivity index (χ2n) is 7.64. The molecule has 1 aliphatic rings. The predicted molar refractivity (Wildman–Crippen MR) is 110 cm³/mol. The zero-order valence-electron chi connectivity index (χ0n) is 16.5. The van der Waals surface area contributed by atoms with E-state index in [9.17, 15) is 9.59 Å². The molecule has 146 valence electrons. The van der Waals surface area contributed by atoms with Gasteiger partial charge in [-0.2, -0.15) is 5.10 Å². The Morgan fingerprint density at radius 3 is 2.71 bits per heavy atom. The Morgan fingerprint density at radius 1 is 1.21 bits per heavy atom. The highest BCUT2D eigenvalue weighted by molar-refractivity contribution is 6.12. The number of benzene rings is 1. The van der Waals surface area contributed by atoms with Gasteiger partial charge in [0.1, 0.15) is 5.65 Å². The minimum absolute atomic E-state index is 0.298. The molecule has 3 heterocycles. The molecule has 0 radical (unpaired) electrons. The molecular weight excluding hydrogens is 354 g/mol. The first-order valence-corrected chi connectivity index (χ1v) is 9.59. The predicted octanol–water partition coefficient (Wildman–Crippen LogP) is 2.63. The van der Waals surface area contributed by atoms with Gasteiger partial charge in [-0.1, -0.05) is 12.1 Å². The summed E-state index contributed by atoms with van der Waals surface area (Å²) in [7, 11) is 3.90. The smallest absolute Gasteiger partial charge is 0.256 e. The minimum atomic E-state index is -0.319. The first-order chi connectivity index (χ1) is 13.4. The molecule has 28 heavy (non-hydrogen) atoms. The van der Waals surface area contributed by atoms with Crippen LogP contribution >= 0.6 is 0 Å². The lowest BCUT2D eigenvalue weighted by Gasteiger charge is -2.29. The maximum Gasteiger partial charge on any atom is 0.256 e. The molecule has 7 heteroatoms. The highest BCUT2D eigenvalue weighted by atomic mass is 16.2. The molecule has 0 saturated carbocycles. The van der Waals surface area contributed by atoms with Crippen molar-refractivity contribution in [3.63, 3.8) is 0 Å². The van der Waals surface area contributed by atoms with E-state index in [-0.39, 0.29) is 11.5 Å². The first kappa shape index (κ1) is 18.4. The van der Waals surface area contributed by atoms with Gasteiger partial charge in [-0.25, -0.2) is 0 Å². The van der Waals surface area contributed by atoms with E-state index in [1.807, 2.05) is 25.1 Å². The Morgan fingerprint density at radius 2 is 1.96 bits per heavy atom. The van der Waals surface area contributed by atoms with Crippen LogP contribution in [0.15, 0.2) is 35.1 Å². The van der Waals surface area contributed by atoms with Gasteiger partial charge in [0.15, 0.2) is 0 Å². The molecule has 2 aromatic heterocycles. The standard InChI is InChI=1S/C21H25N5O2/c1-13-19-17(12-18(27)23-20(19)26(3)24-13)21(28)22-16-6-4-5-15(11-16)14-7-9-25(2)10-8-14/h4-6,11-12,14H,7-10H2,1-3H3,(H,22,28)(H,23,27). The fourth-order valence-electron chi connectivity index (χ4n) is 4.07. The molecular formula is C21H25N5O2. The number of nitrogens with zero attached hydrogens (tertiary/aromatic N) is 3. The monoisotopic (exact) mass is 379 g/mol. The highest BCUT2D eigenvalue weighted by Gasteiger charge is 2.20. The van der Waals surface area contributed by atoms with Crippen molar-refractivity contribution in [2.24, 2.45) is 7.05 Å². The third-order valence-corrected chi connectivity index (χ3v) is 5.59. The van der Waals surface area contributed by atoms with Crippen molar-refractivity contribution >= 4 is 22.6 Å². The number of hydrogen-bond acceptors (Lipinski definition) is 4. The second-order valence-corrected chi connectivity index (χ2v) is 7.64. The van der Waals surface area contributed by atoms with E-state index >= 15 is 0 Å². The quantitative estimate of drug-likeness (QED) is 0.733. The van der Waals surface area contributed by atoms with E-state index in [4.69, 9.17) is 0 Å². The summed E-state index contributed by atoms with van der Waals surface area (Å²) >= 11 is 0. The van der Waals surface area contributed by atoms with Crippen LogP contribution in [0, 0.1) is 6.92 Å². The number of anilines is 1. The van der Waals surface area contributed by atoms with Crippen LogP contribution in [0.4, 0.5) is 5.69 Å². The first-order valence-electron chi connectivity index (χ1n) is 9.59. The lowest BCUT2D eigenvalue weighted by atomic mass is 9.89. The SMILES string of the molecule is Cc1nn(C)c2[nH]c(=O)cc(C(=O)Nc3cccc(C4CCN(C)CC4)c3)c12. The number of piperidine rings is 1. The Balaban J connectivity index is 1.62. The summed E-state index contributed by atoms with van der Waals surface area (Å²) in [6.07, 6.45) is 2.24. The number of aromatic amines is 1. The second kappa shape index (κ2) is 7.24. The zero-order chi connectivity index (χ0) is 19.8. The van der Waals surface area contributed by atoms with E-state index < -0.39 is 0 Å². The van der Waals surface area contributed by atoms with Crippen LogP contribution in [-0.4, -0.2) is 45.7 Å². The third kappa shape index (κ3) is 3.45. The lowest BCUT2D eigenvalue weighted by Crippen LogP contribution is -2.29. The number of aryl methyl sites for hydroxylation is 2. The summed E-state index contributed by atoms with van der Waals surface area (Å²) in [5.41, 5.74) is 3.28. The summed E-state index contributed by atoms with van der Waals surface area (Å²) < 4.78 is 1.59. The van der Waals surface area contributed by atoms with Gasteiger partial charge in [0.25, 0.3) is 5.91 Å². The molecule has 0 spiro atoms. The van der Waals surface area contributed by atoms with Crippen LogP contribution in [-0.2, 0) is 7.05 Å². The van der Waals surface area contributed by atoms with Gasteiger partial charge in [0.05, 0.1) is 16.6 Å². The van der Waals surface area contributed by atoms with Gasteiger partial charge in [0.2, 0.25) is 5.56 Å². The Bertz CT molecular complexity index is 1090. The lowest BCUT2D eigenvalue weighted by molar-refractivity contribution is 0.102. The van der Waals surface area contributed by atoms with E-state index in [2.05, 4.69) is 33.4 Å². The molecule has 7 nitrogen and oxygen atoms in total. The van der Waals surface area contributed by atoms with E-state index in [1.165, 1.54) is 11.6 Å². The fraction of sp³-hybridized carbons (Fsp3) is 0.381. The number of amides is 1.